The zero-order valence-electron chi connectivity index (χ0n) is 12.0. The average molecular weight is 311 g/mol. The molecule has 2 aromatic rings. The molecule has 1 heterocycles. The van der Waals surface area contributed by atoms with E-state index in [9.17, 15) is 9.90 Å². The molecule has 0 saturated carbocycles. The number of likely N-dealkylation sites (N-methyl/N-ethyl adjacent to an activating group) is 1. The van der Waals surface area contributed by atoms with Crippen LogP contribution in [0, 0.1) is 0 Å². The van der Waals surface area contributed by atoms with Crippen LogP contribution in [0.15, 0.2) is 34.5 Å². The minimum absolute atomic E-state index is 0. The average Bonchev–Trinajstić information content (AvgIpc) is 2.78. The third-order valence-corrected chi connectivity index (χ3v) is 3.17. The van der Waals surface area contributed by atoms with Crippen LogP contribution in [0.3, 0.4) is 0 Å². The first-order valence-corrected chi connectivity index (χ1v) is 6.62. The number of aromatic hydroxyl groups is 1. The molecule has 0 bridgehead atoms. The highest BCUT2D eigenvalue weighted by molar-refractivity contribution is 5.94. The van der Waals surface area contributed by atoms with Crippen molar-refractivity contribution < 1.29 is 9.90 Å². The van der Waals surface area contributed by atoms with E-state index in [0.717, 1.165) is 24.0 Å². The molecule has 1 amide bonds. The van der Waals surface area contributed by atoms with Gasteiger partial charge in [-0.05, 0) is 19.2 Å². The number of amides is 1. The van der Waals surface area contributed by atoms with Gasteiger partial charge in [-0.1, -0.05) is 32.0 Å². The van der Waals surface area contributed by atoms with E-state index in [2.05, 4.69) is 15.2 Å². The van der Waals surface area contributed by atoms with Gasteiger partial charge in [-0.25, -0.2) is 0 Å². The number of fused-ring (bicyclic) bond motifs is 1. The lowest BCUT2D eigenvalue weighted by Gasteiger charge is -2.14. The van der Waals surface area contributed by atoms with E-state index in [1.165, 1.54) is 0 Å². The molecular weight excluding hydrogens is 292 g/mol. The van der Waals surface area contributed by atoms with Crippen molar-refractivity contribution in [3.8, 4) is 5.88 Å². The predicted octanol–water partition coefficient (Wildman–Crippen LogP) is 3.25. The molecule has 7 heteroatoms. The third kappa shape index (κ3) is 4.03. The summed E-state index contributed by atoms with van der Waals surface area (Å²) in [6, 6.07) is 7.33. The maximum atomic E-state index is 11.7. The molecule has 0 fully saturated rings. The van der Waals surface area contributed by atoms with Gasteiger partial charge in [0.15, 0.2) is 5.69 Å². The van der Waals surface area contributed by atoms with Crippen molar-refractivity contribution in [1.29, 1.82) is 0 Å². The molecule has 0 aliphatic rings. The van der Waals surface area contributed by atoms with Gasteiger partial charge in [0.25, 0.3) is 5.91 Å². The smallest absolute Gasteiger partial charge is 0.278 e. The van der Waals surface area contributed by atoms with Crippen molar-refractivity contribution >= 4 is 34.9 Å². The van der Waals surface area contributed by atoms with E-state index in [-0.39, 0.29) is 30.7 Å². The second-order valence-corrected chi connectivity index (χ2v) is 4.42. The summed E-state index contributed by atoms with van der Waals surface area (Å²) in [5.41, 5.74) is 1.06. The van der Waals surface area contributed by atoms with Crippen LogP contribution in [-0.4, -0.2) is 40.5 Å². The topological polar surface area (TPSA) is 81.1 Å². The number of H-pyrrole nitrogens is 1. The SMILES string of the molecule is CCN(CC)CC(=O)N=Nc1c(O)[nH]c2ccccc12.Cl. The number of benzene rings is 1. The van der Waals surface area contributed by atoms with E-state index < -0.39 is 0 Å². The number of rotatable bonds is 5. The van der Waals surface area contributed by atoms with Crippen LogP contribution in [0.5, 0.6) is 5.88 Å². The summed E-state index contributed by atoms with van der Waals surface area (Å²) in [4.78, 5) is 16.5. The molecule has 0 aliphatic carbocycles. The van der Waals surface area contributed by atoms with Gasteiger partial charge in [-0.2, -0.15) is 0 Å². The number of hydrogen-bond donors (Lipinski definition) is 2. The zero-order valence-corrected chi connectivity index (χ0v) is 12.9. The summed E-state index contributed by atoms with van der Waals surface area (Å²) in [7, 11) is 0. The van der Waals surface area contributed by atoms with Crippen molar-refractivity contribution in [2.45, 2.75) is 13.8 Å². The van der Waals surface area contributed by atoms with Crippen molar-refractivity contribution in [1.82, 2.24) is 9.88 Å². The lowest BCUT2D eigenvalue weighted by molar-refractivity contribution is -0.119. The highest BCUT2D eigenvalue weighted by Crippen LogP contribution is 2.35. The summed E-state index contributed by atoms with van der Waals surface area (Å²) in [5.74, 6) is -0.399. The minimum Gasteiger partial charge on any atom is -0.493 e. The number of azo groups is 1. The number of nitrogens with one attached hydrogen (secondary N) is 1. The second-order valence-electron chi connectivity index (χ2n) is 4.42. The van der Waals surface area contributed by atoms with Gasteiger partial charge in [0, 0.05) is 5.39 Å². The first-order valence-electron chi connectivity index (χ1n) is 6.62. The van der Waals surface area contributed by atoms with Gasteiger partial charge >= 0.3 is 0 Å². The molecule has 21 heavy (non-hydrogen) atoms. The van der Waals surface area contributed by atoms with Crippen LogP contribution in [0.4, 0.5) is 5.69 Å². The van der Waals surface area contributed by atoms with Crippen LogP contribution in [0.1, 0.15) is 13.8 Å². The van der Waals surface area contributed by atoms with Gasteiger partial charge in [-0.15, -0.1) is 22.6 Å². The van der Waals surface area contributed by atoms with Crippen LogP contribution in [0.25, 0.3) is 10.9 Å². The zero-order chi connectivity index (χ0) is 14.5. The molecule has 0 saturated heterocycles. The summed E-state index contributed by atoms with van der Waals surface area (Å²) < 4.78 is 0. The Hall–Kier alpha value is -1.92. The maximum Gasteiger partial charge on any atom is 0.278 e. The Balaban J connectivity index is 0.00000220. The number of hydrogen-bond acceptors (Lipinski definition) is 4. The highest BCUT2D eigenvalue weighted by atomic mass is 35.5. The van der Waals surface area contributed by atoms with Crippen molar-refractivity contribution in [3.63, 3.8) is 0 Å². The van der Waals surface area contributed by atoms with Gasteiger partial charge in [0.2, 0.25) is 5.88 Å². The number of halogens is 1. The Kier molecular flexibility index (Phi) is 6.33. The number of para-hydroxylation sites is 1. The van der Waals surface area contributed by atoms with E-state index in [1.807, 2.05) is 43.0 Å². The lowest BCUT2D eigenvalue weighted by atomic mass is 10.2. The quantitative estimate of drug-likeness (QED) is 0.832. The van der Waals surface area contributed by atoms with Crippen molar-refractivity contribution in [3.05, 3.63) is 24.3 Å². The highest BCUT2D eigenvalue weighted by Gasteiger charge is 2.11. The number of nitrogens with zero attached hydrogens (tertiary/aromatic N) is 3. The van der Waals surface area contributed by atoms with Crippen LogP contribution in [-0.2, 0) is 4.79 Å². The number of carbonyl (C=O) groups is 1. The molecule has 114 valence electrons. The monoisotopic (exact) mass is 310 g/mol. The minimum atomic E-state index is -0.321. The Morgan fingerprint density at radius 3 is 2.62 bits per heavy atom. The van der Waals surface area contributed by atoms with E-state index in [4.69, 9.17) is 0 Å². The largest absolute Gasteiger partial charge is 0.493 e. The predicted molar refractivity (Wildman–Crippen MR) is 84.5 cm³/mol. The molecule has 0 unspecified atom stereocenters. The fraction of sp³-hybridized carbons (Fsp3) is 0.357. The lowest BCUT2D eigenvalue weighted by Crippen LogP contribution is -2.28. The molecule has 1 aromatic heterocycles. The van der Waals surface area contributed by atoms with Gasteiger partial charge in [0.1, 0.15) is 0 Å². The molecule has 1 aromatic carbocycles. The molecule has 6 nitrogen and oxygen atoms in total. The number of aromatic nitrogens is 1. The third-order valence-electron chi connectivity index (χ3n) is 3.17. The van der Waals surface area contributed by atoms with E-state index in [1.54, 1.807) is 0 Å². The Morgan fingerprint density at radius 2 is 1.95 bits per heavy atom. The van der Waals surface area contributed by atoms with Crippen LogP contribution >= 0.6 is 12.4 Å². The van der Waals surface area contributed by atoms with Gasteiger partial charge < -0.3 is 10.1 Å². The second kappa shape index (κ2) is 7.75. The Bertz CT molecular complexity index is 635. The first-order chi connectivity index (χ1) is 9.65. The molecule has 0 radical (unpaired) electrons. The Morgan fingerprint density at radius 1 is 1.29 bits per heavy atom. The first kappa shape index (κ1) is 17.1. The molecule has 0 atom stereocenters. The van der Waals surface area contributed by atoms with Crippen molar-refractivity contribution in [2.24, 2.45) is 10.2 Å². The summed E-state index contributed by atoms with van der Waals surface area (Å²) in [6.07, 6.45) is 0. The van der Waals surface area contributed by atoms with Crippen LogP contribution in [0.2, 0.25) is 0 Å². The van der Waals surface area contributed by atoms with Gasteiger partial charge in [0.05, 0.1) is 12.1 Å². The van der Waals surface area contributed by atoms with Gasteiger partial charge in [-0.3, -0.25) is 9.69 Å². The summed E-state index contributed by atoms with van der Waals surface area (Å²) >= 11 is 0. The maximum absolute atomic E-state index is 11.7. The molecular formula is C14H19ClN4O2. The molecule has 0 spiro atoms. The normalized spacial score (nSPS) is 11.2. The van der Waals surface area contributed by atoms with E-state index >= 15 is 0 Å². The summed E-state index contributed by atoms with van der Waals surface area (Å²) in [5, 5.41) is 18.1. The fourth-order valence-electron chi connectivity index (χ4n) is 1.99. The summed E-state index contributed by atoms with van der Waals surface area (Å²) in [6.45, 7) is 5.78. The van der Waals surface area contributed by atoms with Crippen LogP contribution < -0.4 is 0 Å². The molecule has 0 aliphatic heterocycles. The Labute approximate surface area is 129 Å². The van der Waals surface area contributed by atoms with Crippen molar-refractivity contribution in [2.75, 3.05) is 19.6 Å². The standard InChI is InChI=1S/C14H18N4O2.ClH/c1-3-18(4-2)9-12(19)16-17-13-10-7-5-6-8-11(10)15-14(13)20;/h5-8,15,20H,3-4,9H2,1-2H3;1H. The fourth-order valence-corrected chi connectivity index (χ4v) is 1.99. The molecule has 2 rings (SSSR count). The number of aromatic amines is 1. The van der Waals surface area contributed by atoms with E-state index in [0.29, 0.717) is 5.69 Å². The number of carbonyl (C=O) groups excluding carboxylic acids is 1. The molecule has 2 N–H and O–H groups in total.